The van der Waals surface area contributed by atoms with Gasteiger partial charge in [-0.2, -0.15) is 0 Å². The van der Waals surface area contributed by atoms with E-state index in [0.29, 0.717) is 17.5 Å². The van der Waals surface area contributed by atoms with Crippen LogP contribution in [0.25, 0.3) is 11.4 Å². The first kappa shape index (κ1) is 18.1. The average Bonchev–Trinajstić information content (AvgIpc) is 3.20. The number of furan rings is 1. The zero-order chi connectivity index (χ0) is 18.7. The van der Waals surface area contributed by atoms with E-state index in [0.717, 1.165) is 16.9 Å². The SMILES string of the molecule is Cc1ccccc1CN(C)C(=O)CSc1nnc(-c2ccoc2C)n1N. The highest BCUT2D eigenvalue weighted by molar-refractivity contribution is 7.99. The Balaban J connectivity index is 1.62. The van der Waals surface area contributed by atoms with Crippen LogP contribution in [0.1, 0.15) is 16.9 Å². The number of hydrogen-bond acceptors (Lipinski definition) is 6. The molecule has 0 fully saturated rings. The molecular formula is C18H21N5O2S. The third kappa shape index (κ3) is 3.75. The Morgan fingerprint density at radius 2 is 2.04 bits per heavy atom. The number of nitrogens with zero attached hydrogens (tertiary/aromatic N) is 4. The van der Waals surface area contributed by atoms with Crippen LogP contribution in [-0.2, 0) is 11.3 Å². The van der Waals surface area contributed by atoms with Crippen molar-refractivity contribution >= 4 is 17.7 Å². The van der Waals surface area contributed by atoms with Crippen LogP contribution < -0.4 is 5.84 Å². The molecule has 0 unspecified atom stereocenters. The lowest BCUT2D eigenvalue weighted by Gasteiger charge is -2.18. The summed E-state index contributed by atoms with van der Waals surface area (Å²) in [7, 11) is 1.79. The number of rotatable bonds is 6. The van der Waals surface area contributed by atoms with E-state index in [-0.39, 0.29) is 11.7 Å². The summed E-state index contributed by atoms with van der Waals surface area (Å²) in [5.74, 6) is 7.54. The van der Waals surface area contributed by atoms with Gasteiger partial charge in [-0.1, -0.05) is 36.0 Å². The van der Waals surface area contributed by atoms with Gasteiger partial charge in [0.15, 0.2) is 5.82 Å². The molecule has 0 saturated heterocycles. The predicted octanol–water partition coefficient (Wildman–Crippen LogP) is 2.62. The van der Waals surface area contributed by atoms with Gasteiger partial charge >= 0.3 is 0 Å². The maximum absolute atomic E-state index is 12.4. The first-order valence-electron chi connectivity index (χ1n) is 8.13. The van der Waals surface area contributed by atoms with Crippen LogP contribution in [-0.4, -0.2) is 38.5 Å². The molecule has 3 rings (SSSR count). The Hall–Kier alpha value is -2.74. The van der Waals surface area contributed by atoms with E-state index in [1.807, 2.05) is 38.1 Å². The normalized spacial score (nSPS) is 10.9. The molecule has 0 aliphatic carbocycles. The average molecular weight is 371 g/mol. The van der Waals surface area contributed by atoms with Gasteiger partial charge < -0.3 is 15.2 Å². The summed E-state index contributed by atoms with van der Waals surface area (Å²) in [4.78, 5) is 14.1. The molecule has 2 heterocycles. The Morgan fingerprint density at radius 1 is 1.27 bits per heavy atom. The second-order valence-electron chi connectivity index (χ2n) is 6.03. The standard InChI is InChI=1S/C18H21N5O2S/c1-12-6-4-5-7-14(12)10-22(3)16(24)11-26-18-21-20-17(23(18)19)15-8-9-25-13(15)2/h4-9H,10-11,19H2,1-3H3. The van der Waals surface area contributed by atoms with Gasteiger partial charge in [0.1, 0.15) is 5.76 Å². The highest BCUT2D eigenvalue weighted by Gasteiger charge is 2.18. The summed E-state index contributed by atoms with van der Waals surface area (Å²) in [6.07, 6.45) is 1.58. The van der Waals surface area contributed by atoms with Gasteiger partial charge in [0.25, 0.3) is 0 Å². The number of nitrogen functional groups attached to an aromatic ring is 1. The monoisotopic (exact) mass is 371 g/mol. The first-order chi connectivity index (χ1) is 12.5. The highest BCUT2D eigenvalue weighted by Crippen LogP contribution is 2.25. The fourth-order valence-corrected chi connectivity index (χ4v) is 3.34. The summed E-state index contributed by atoms with van der Waals surface area (Å²) in [5, 5.41) is 8.67. The van der Waals surface area contributed by atoms with Crippen LogP contribution in [0.3, 0.4) is 0 Å². The third-order valence-electron chi connectivity index (χ3n) is 4.18. The number of benzene rings is 1. The van der Waals surface area contributed by atoms with Crippen LogP contribution >= 0.6 is 11.8 Å². The lowest BCUT2D eigenvalue weighted by molar-refractivity contribution is -0.127. The number of carbonyl (C=O) groups excluding carboxylic acids is 1. The quantitative estimate of drug-likeness (QED) is 0.529. The largest absolute Gasteiger partial charge is 0.469 e. The third-order valence-corrected chi connectivity index (χ3v) is 5.11. The maximum atomic E-state index is 12.4. The second kappa shape index (κ2) is 7.65. The minimum absolute atomic E-state index is 0.00212. The van der Waals surface area contributed by atoms with Crippen molar-refractivity contribution in [2.24, 2.45) is 0 Å². The van der Waals surface area contributed by atoms with Crippen LogP contribution in [0, 0.1) is 13.8 Å². The number of thioether (sulfide) groups is 1. The molecule has 0 radical (unpaired) electrons. The zero-order valence-electron chi connectivity index (χ0n) is 15.0. The summed E-state index contributed by atoms with van der Waals surface area (Å²) < 4.78 is 6.66. The van der Waals surface area contributed by atoms with Crippen molar-refractivity contribution < 1.29 is 9.21 Å². The molecule has 8 heteroatoms. The van der Waals surface area contributed by atoms with Crippen LogP contribution in [0.15, 0.2) is 46.2 Å². The Labute approximate surface area is 156 Å². The van der Waals surface area contributed by atoms with Crippen LogP contribution in [0.2, 0.25) is 0 Å². The molecule has 2 aromatic heterocycles. The van der Waals surface area contributed by atoms with Crippen molar-refractivity contribution in [1.29, 1.82) is 0 Å². The fraction of sp³-hybridized carbons (Fsp3) is 0.278. The van der Waals surface area contributed by atoms with Crippen LogP contribution in [0.4, 0.5) is 0 Å². The molecule has 0 saturated carbocycles. The van der Waals surface area contributed by atoms with Crippen molar-refractivity contribution in [3.63, 3.8) is 0 Å². The number of amides is 1. The minimum Gasteiger partial charge on any atom is -0.469 e. The second-order valence-corrected chi connectivity index (χ2v) is 6.97. The molecule has 7 nitrogen and oxygen atoms in total. The number of nitrogens with two attached hydrogens (primary N) is 1. The molecular weight excluding hydrogens is 350 g/mol. The van der Waals surface area contributed by atoms with E-state index in [1.165, 1.54) is 22.0 Å². The summed E-state index contributed by atoms with van der Waals surface area (Å²) in [6.45, 7) is 4.44. The van der Waals surface area contributed by atoms with E-state index in [9.17, 15) is 4.79 Å². The molecule has 0 bridgehead atoms. The minimum atomic E-state index is 0.00212. The molecule has 3 aromatic rings. The smallest absolute Gasteiger partial charge is 0.233 e. The van der Waals surface area contributed by atoms with Crippen molar-refractivity contribution in [3.05, 3.63) is 53.5 Å². The number of hydrogen-bond donors (Lipinski definition) is 1. The number of aryl methyl sites for hydroxylation is 2. The lowest BCUT2D eigenvalue weighted by Crippen LogP contribution is -2.28. The van der Waals surface area contributed by atoms with Gasteiger partial charge in [0, 0.05) is 13.6 Å². The molecule has 1 aromatic carbocycles. The van der Waals surface area contributed by atoms with E-state index >= 15 is 0 Å². The van der Waals surface area contributed by atoms with E-state index in [1.54, 1.807) is 24.3 Å². The van der Waals surface area contributed by atoms with Crippen molar-refractivity contribution in [2.45, 2.75) is 25.5 Å². The van der Waals surface area contributed by atoms with Crippen molar-refractivity contribution in [2.75, 3.05) is 18.6 Å². The topological polar surface area (TPSA) is 90.2 Å². The van der Waals surface area contributed by atoms with Gasteiger partial charge in [0.2, 0.25) is 11.1 Å². The Morgan fingerprint density at radius 3 is 2.73 bits per heavy atom. The number of carbonyl (C=O) groups is 1. The highest BCUT2D eigenvalue weighted by atomic mass is 32.2. The van der Waals surface area contributed by atoms with Crippen molar-refractivity contribution in [3.8, 4) is 11.4 Å². The van der Waals surface area contributed by atoms with Gasteiger partial charge in [-0.15, -0.1) is 10.2 Å². The lowest BCUT2D eigenvalue weighted by atomic mass is 10.1. The number of aromatic nitrogens is 3. The Kier molecular flexibility index (Phi) is 5.32. The molecule has 0 atom stereocenters. The predicted molar refractivity (Wildman–Crippen MR) is 101 cm³/mol. The molecule has 26 heavy (non-hydrogen) atoms. The fourth-order valence-electron chi connectivity index (χ4n) is 2.54. The molecule has 1 amide bonds. The van der Waals surface area contributed by atoms with Gasteiger partial charge in [0.05, 0.1) is 17.6 Å². The van der Waals surface area contributed by atoms with E-state index in [4.69, 9.17) is 10.3 Å². The van der Waals surface area contributed by atoms with E-state index in [2.05, 4.69) is 10.2 Å². The van der Waals surface area contributed by atoms with Gasteiger partial charge in [-0.3, -0.25) is 4.79 Å². The van der Waals surface area contributed by atoms with Gasteiger partial charge in [-0.05, 0) is 31.0 Å². The van der Waals surface area contributed by atoms with Crippen LogP contribution in [0.5, 0.6) is 0 Å². The zero-order valence-corrected chi connectivity index (χ0v) is 15.8. The van der Waals surface area contributed by atoms with Gasteiger partial charge in [-0.25, -0.2) is 4.68 Å². The maximum Gasteiger partial charge on any atom is 0.233 e. The summed E-state index contributed by atoms with van der Waals surface area (Å²) in [6, 6.07) is 9.83. The molecule has 0 aliphatic rings. The molecule has 0 aliphatic heterocycles. The van der Waals surface area contributed by atoms with Crippen molar-refractivity contribution in [1.82, 2.24) is 19.8 Å². The summed E-state index contributed by atoms with van der Waals surface area (Å²) >= 11 is 1.26. The first-order valence-corrected chi connectivity index (χ1v) is 9.12. The molecule has 0 spiro atoms. The molecule has 2 N–H and O–H groups in total. The molecule has 136 valence electrons. The summed E-state index contributed by atoms with van der Waals surface area (Å²) in [5.41, 5.74) is 3.09. The van der Waals surface area contributed by atoms with E-state index < -0.39 is 0 Å². The Bertz CT molecular complexity index is 918.